The molecule has 1 atom stereocenters. The van der Waals surface area contributed by atoms with Crippen molar-refractivity contribution in [3.05, 3.63) is 16.4 Å². The lowest BCUT2D eigenvalue weighted by Crippen LogP contribution is -2.19. The molecule has 6 heteroatoms. The number of nitrogens with two attached hydrogens (primary N) is 1. The molecule has 1 aromatic rings. The molecule has 0 aliphatic rings. The summed E-state index contributed by atoms with van der Waals surface area (Å²) < 4.78 is 1.79. The maximum absolute atomic E-state index is 8.47. The van der Waals surface area contributed by atoms with E-state index in [1.165, 1.54) is 0 Å². The Morgan fingerprint density at radius 3 is 2.67 bits per heavy atom. The van der Waals surface area contributed by atoms with Crippen molar-refractivity contribution in [1.29, 1.82) is 0 Å². The lowest BCUT2D eigenvalue weighted by atomic mass is 10.2. The first-order valence-corrected chi connectivity index (χ1v) is 5.02. The highest BCUT2D eigenvalue weighted by molar-refractivity contribution is 6.31. The third-order valence-corrected chi connectivity index (χ3v) is 2.83. The average molecular weight is 231 g/mol. The molecule has 0 amide bonds. The molecular formula is C9H15ClN4O. The second-order valence-corrected chi connectivity index (χ2v) is 3.95. The molecule has 0 radical (unpaired) electrons. The molecule has 84 valence electrons. The quantitative estimate of drug-likeness (QED) is 0.360. The lowest BCUT2D eigenvalue weighted by Gasteiger charge is -2.13. The second kappa shape index (κ2) is 4.53. The highest BCUT2D eigenvalue weighted by Gasteiger charge is 2.15. The highest BCUT2D eigenvalue weighted by atomic mass is 35.5. The SMILES string of the molecule is Cc1nn(C(C)CC(N)=NO)c(C)c1Cl. The fraction of sp³-hybridized carbons (Fsp3) is 0.556. The molecule has 1 heterocycles. The van der Waals surface area contributed by atoms with Gasteiger partial charge in [-0.3, -0.25) is 4.68 Å². The van der Waals surface area contributed by atoms with Crippen LogP contribution in [-0.2, 0) is 0 Å². The minimum absolute atomic E-state index is 0.0205. The Labute approximate surface area is 93.5 Å². The van der Waals surface area contributed by atoms with Crippen LogP contribution in [0.25, 0.3) is 0 Å². The standard InChI is InChI=1S/C9H15ClN4O/c1-5(4-8(11)13-15)14-7(3)9(10)6(2)12-14/h5,15H,4H2,1-3H3,(H2,11,13). The summed E-state index contributed by atoms with van der Waals surface area (Å²) in [5.41, 5.74) is 7.12. The summed E-state index contributed by atoms with van der Waals surface area (Å²) >= 11 is 6.02. The number of nitrogens with zero attached hydrogens (tertiary/aromatic N) is 3. The molecule has 0 fully saturated rings. The summed E-state index contributed by atoms with van der Waals surface area (Å²) in [6.45, 7) is 5.68. The van der Waals surface area contributed by atoms with Gasteiger partial charge >= 0.3 is 0 Å². The average Bonchev–Trinajstić information content (AvgIpc) is 2.45. The van der Waals surface area contributed by atoms with E-state index in [2.05, 4.69) is 10.3 Å². The van der Waals surface area contributed by atoms with Gasteiger partial charge in [0.05, 0.1) is 22.5 Å². The van der Waals surface area contributed by atoms with Crippen LogP contribution in [0.4, 0.5) is 0 Å². The number of rotatable bonds is 3. The van der Waals surface area contributed by atoms with Crippen molar-refractivity contribution in [2.45, 2.75) is 33.2 Å². The number of hydrogen-bond donors (Lipinski definition) is 2. The van der Waals surface area contributed by atoms with Gasteiger partial charge in [-0.2, -0.15) is 5.10 Å². The van der Waals surface area contributed by atoms with E-state index in [9.17, 15) is 0 Å². The van der Waals surface area contributed by atoms with Crippen LogP contribution >= 0.6 is 11.6 Å². The van der Waals surface area contributed by atoms with Crippen LogP contribution in [0.1, 0.15) is 30.8 Å². The zero-order valence-corrected chi connectivity index (χ0v) is 9.78. The fourth-order valence-electron chi connectivity index (χ4n) is 1.50. The van der Waals surface area contributed by atoms with Crippen LogP contribution in [0.5, 0.6) is 0 Å². The molecule has 1 unspecified atom stereocenters. The smallest absolute Gasteiger partial charge is 0.141 e. The summed E-state index contributed by atoms with van der Waals surface area (Å²) in [6, 6.07) is 0.0205. The van der Waals surface area contributed by atoms with Gasteiger partial charge in [-0.25, -0.2) is 0 Å². The minimum Gasteiger partial charge on any atom is -0.409 e. The molecular weight excluding hydrogens is 216 g/mol. The number of hydrogen-bond acceptors (Lipinski definition) is 3. The van der Waals surface area contributed by atoms with E-state index in [1.807, 2.05) is 20.8 Å². The van der Waals surface area contributed by atoms with Crippen LogP contribution in [0.3, 0.4) is 0 Å². The summed E-state index contributed by atoms with van der Waals surface area (Å²) in [6.07, 6.45) is 0.439. The second-order valence-electron chi connectivity index (χ2n) is 3.57. The summed E-state index contributed by atoms with van der Waals surface area (Å²) in [5, 5.41) is 16.4. The van der Waals surface area contributed by atoms with Crippen molar-refractivity contribution < 1.29 is 5.21 Å². The van der Waals surface area contributed by atoms with Crippen LogP contribution < -0.4 is 5.73 Å². The van der Waals surface area contributed by atoms with Crippen molar-refractivity contribution in [3.63, 3.8) is 0 Å². The highest BCUT2D eigenvalue weighted by Crippen LogP contribution is 2.23. The van der Waals surface area contributed by atoms with Gasteiger partial charge in [0, 0.05) is 6.42 Å². The van der Waals surface area contributed by atoms with E-state index in [-0.39, 0.29) is 11.9 Å². The monoisotopic (exact) mass is 230 g/mol. The molecule has 0 aromatic carbocycles. The molecule has 0 spiro atoms. The Morgan fingerprint density at radius 2 is 2.27 bits per heavy atom. The van der Waals surface area contributed by atoms with Gasteiger partial charge < -0.3 is 10.9 Å². The molecule has 0 aliphatic carbocycles. The Hall–Kier alpha value is -1.23. The summed E-state index contributed by atoms with van der Waals surface area (Å²) in [7, 11) is 0. The normalized spacial score (nSPS) is 14.3. The first-order valence-electron chi connectivity index (χ1n) is 4.65. The van der Waals surface area contributed by atoms with Gasteiger partial charge in [0.25, 0.3) is 0 Å². The molecule has 15 heavy (non-hydrogen) atoms. The number of aryl methyl sites for hydroxylation is 1. The maximum atomic E-state index is 8.47. The van der Waals surface area contributed by atoms with Gasteiger partial charge in [0.1, 0.15) is 5.84 Å². The number of oxime groups is 1. The van der Waals surface area contributed by atoms with Crippen LogP contribution in [0, 0.1) is 13.8 Å². The molecule has 5 nitrogen and oxygen atoms in total. The number of amidine groups is 1. The topological polar surface area (TPSA) is 76.4 Å². The fourth-order valence-corrected chi connectivity index (χ4v) is 1.63. The third-order valence-electron chi connectivity index (χ3n) is 2.29. The predicted molar refractivity (Wildman–Crippen MR) is 59.4 cm³/mol. The molecule has 3 N–H and O–H groups in total. The summed E-state index contributed by atoms with van der Waals surface area (Å²) in [5.74, 6) is 0.186. The Morgan fingerprint density at radius 1 is 1.67 bits per heavy atom. The maximum Gasteiger partial charge on any atom is 0.141 e. The van der Waals surface area contributed by atoms with Crippen molar-refractivity contribution in [1.82, 2.24) is 9.78 Å². The van der Waals surface area contributed by atoms with E-state index in [0.29, 0.717) is 11.4 Å². The van der Waals surface area contributed by atoms with Gasteiger partial charge in [-0.1, -0.05) is 16.8 Å². The van der Waals surface area contributed by atoms with Gasteiger partial charge in [0.2, 0.25) is 0 Å². The number of aromatic nitrogens is 2. The minimum atomic E-state index is 0.0205. The first kappa shape index (κ1) is 11.8. The van der Waals surface area contributed by atoms with Crippen molar-refractivity contribution in [2.24, 2.45) is 10.9 Å². The summed E-state index contributed by atoms with van der Waals surface area (Å²) in [4.78, 5) is 0. The molecule has 0 saturated heterocycles. The van der Waals surface area contributed by atoms with E-state index in [0.717, 1.165) is 11.4 Å². The van der Waals surface area contributed by atoms with Crippen LogP contribution in [0.15, 0.2) is 5.16 Å². The van der Waals surface area contributed by atoms with Gasteiger partial charge in [-0.15, -0.1) is 0 Å². The van der Waals surface area contributed by atoms with E-state index in [4.69, 9.17) is 22.5 Å². The van der Waals surface area contributed by atoms with Crippen molar-refractivity contribution in [3.8, 4) is 0 Å². The Balaban J connectivity index is 2.91. The lowest BCUT2D eigenvalue weighted by molar-refractivity contribution is 0.315. The zero-order valence-electron chi connectivity index (χ0n) is 9.03. The predicted octanol–water partition coefficient (Wildman–Crippen LogP) is 1.85. The molecule has 0 bridgehead atoms. The molecule has 1 rings (SSSR count). The number of halogens is 1. The molecule has 0 saturated carbocycles. The Kier molecular flexibility index (Phi) is 3.57. The van der Waals surface area contributed by atoms with E-state index < -0.39 is 0 Å². The first-order chi connectivity index (χ1) is 6.97. The molecule has 0 aliphatic heterocycles. The zero-order chi connectivity index (χ0) is 11.6. The van der Waals surface area contributed by atoms with Crippen LogP contribution in [0.2, 0.25) is 5.02 Å². The van der Waals surface area contributed by atoms with Crippen LogP contribution in [-0.4, -0.2) is 20.8 Å². The van der Waals surface area contributed by atoms with E-state index >= 15 is 0 Å². The van der Waals surface area contributed by atoms with E-state index in [1.54, 1.807) is 4.68 Å². The van der Waals surface area contributed by atoms with Gasteiger partial charge in [-0.05, 0) is 20.8 Å². The van der Waals surface area contributed by atoms with Crippen molar-refractivity contribution >= 4 is 17.4 Å². The van der Waals surface area contributed by atoms with Crippen molar-refractivity contribution in [2.75, 3.05) is 0 Å². The largest absolute Gasteiger partial charge is 0.409 e. The molecule has 1 aromatic heterocycles. The van der Waals surface area contributed by atoms with Gasteiger partial charge in [0.15, 0.2) is 0 Å². The third kappa shape index (κ3) is 2.41. The Bertz CT molecular complexity index is 386.